The van der Waals surface area contributed by atoms with E-state index >= 15 is 0 Å². The van der Waals surface area contributed by atoms with Gasteiger partial charge in [0.2, 0.25) is 5.91 Å². The Morgan fingerprint density at radius 1 is 1.12 bits per heavy atom. The normalized spacial score (nSPS) is 9.85. The molecule has 9 nitrogen and oxygen atoms in total. The number of benzene rings is 1. The maximum atomic E-state index is 11.6. The summed E-state index contributed by atoms with van der Waals surface area (Å²) in [7, 11) is 0. The summed E-state index contributed by atoms with van der Waals surface area (Å²) in [5.74, 6) is -1.31. The second-order valence-electron chi connectivity index (χ2n) is 5.09. The van der Waals surface area contributed by atoms with Crippen LogP contribution in [0.25, 0.3) is 16.9 Å². The highest BCUT2D eigenvalue weighted by Gasteiger charge is 2.07. The molecule has 0 atom stereocenters. The van der Waals surface area contributed by atoms with Gasteiger partial charge in [-0.3, -0.25) is 18.8 Å². The van der Waals surface area contributed by atoms with E-state index in [1.807, 2.05) is 34.7 Å². The van der Waals surface area contributed by atoms with E-state index < -0.39 is 5.97 Å². The van der Waals surface area contributed by atoms with Crippen LogP contribution in [0.2, 0.25) is 0 Å². The van der Waals surface area contributed by atoms with Crippen molar-refractivity contribution in [3.63, 3.8) is 0 Å². The Labute approximate surface area is 147 Å². The summed E-state index contributed by atoms with van der Waals surface area (Å²) in [5.41, 5.74) is 3.28. The molecule has 3 N–H and O–H groups in total. The molecule has 2 aromatic heterocycles. The molecule has 3 rings (SSSR count). The van der Waals surface area contributed by atoms with Gasteiger partial charge in [0.25, 0.3) is 6.47 Å². The van der Waals surface area contributed by atoms with Gasteiger partial charge >= 0.3 is 5.97 Å². The molecule has 0 aliphatic carbocycles. The van der Waals surface area contributed by atoms with Crippen molar-refractivity contribution >= 4 is 29.7 Å². The molecule has 0 fully saturated rings. The van der Waals surface area contributed by atoms with Crippen LogP contribution >= 0.6 is 0 Å². The number of nitrogens with zero attached hydrogens (tertiary/aromatic N) is 3. The molecule has 0 aliphatic rings. The van der Waals surface area contributed by atoms with E-state index in [9.17, 15) is 9.59 Å². The quantitative estimate of drug-likeness (QED) is 0.594. The summed E-state index contributed by atoms with van der Waals surface area (Å²) in [6, 6.07) is 13.0. The maximum absolute atomic E-state index is 11.6. The zero-order valence-electron chi connectivity index (χ0n) is 13.6. The summed E-state index contributed by atoms with van der Waals surface area (Å²) in [5, 5.41) is 26.0. The third-order valence-electron chi connectivity index (χ3n) is 3.36. The molecular weight excluding hydrogens is 340 g/mol. The highest BCUT2D eigenvalue weighted by Crippen LogP contribution is 2.22. The van der Waals surface area contributed by atoms with Crippen LogP contribution in [0.3, 0.4) is 0 Å². The van der Waals surface area contributed by atoms with Crippen molar-refractivity contribution in [3.8, 4) is 11.3 Å². The Hall–Kier alpha value is -3.75. The van der Waals surface area contributed by atoms with E-state index in [-0.39, 0.29) is 25.2 Å². The van der Waals surface area contributed by atoms with Gasteiger partial charge in [0.05, 0.1) is 12.1 Å². The van der Waals surface area contributed by atoms with E-state index in [1.165, 1.54) is 0 Å². The first kappa shape index (κ1) is 18.6. The summed E-state index contributed by atoms with van der Waals surface area (Å²) in [4.78, 5) is 30.4. The van der Waals surface area contributed by atoms with Gasteiger partial charge < -0.3 is 15.5 Å². The maximum Gasteiger partial charge on any atom is 0.303 e. The minimum absolute atomic E-state index is 0.0445. The van der Waals surface area contributed by atoms with E-state index in [0.717, 1.165) is 16.9 Å². The van der Waals surface area contributed by atoms with Gasteiger partial charge in [-0.1, -0.05) is 18.2 Å². The first-order valence-corrected chi connectivity index (χ1v) is 7.54. The van der Waals surface area contributed by atoms with Crippen LogP contribution in [0.4, 0.5) is 5.69 Å². The smallest absolute Gasteiger partial charge is 0.303 e. The largest absolute Gasteiger partial charge is 0.483 e. The van der Waals surface area contributed by atoms with E-state index in [0.29, 0.717) is 5.69 Å². The average molecular weight is 356 g/mol. The number of anilines is 1. The lowest BCUT2D eigenvalue weighted by atomic mass is 10.1. The van der Waals surface area contributed by atoms with Crippen LogP contribution in [0.15, 0.2) is 48.8 Å². The molecule has 1 amide bonds. The minimum atomic E-state index is -0.988. The Morgan fingerprint density at radius 2 is 1.81 bits per heavy atom. The molecule has 1 aromatic carbocycles. The van der Waals surface area contributed by atoms with Crippen molar-refractivity contribution in [3.05, 3.63) is 48.8 Å². The molecule has 2 heterocycles. The van der Waals surface area contributed by atoms with E-state index in [1.54, 1.807) is 18.5 Å². The number of amides is 1. The SMILES string of the molecule is O=C(O)CCC(=O)Nc1ccc(-c2cccc3nncn23)cc1.O=CO. The number of hydrogen-bond acceptors (Lipinski definition) is 5. The van der Waals surface area contributed by atoms with Crippen molar-refractivity contribution in [1.82, 2.24) is 14.6 Å². The summed E-state index contributed by atoms with van der Waals surface area (Å²) < 4.78 is 1.88. The molecule has 0 saturated carbocycles. The van der Waals surface area contributed by atoms with Crippen LogP contribution in [0.5, 0.6) is 0 Å². The van der Waals surface area contributed by atoms with Crippen molar-refractivity contribution in [1.29, 1.82) is 0 Å². The molecule has 0 bridgehead atoms. The lowest BCUT2D eigenvalue weighted by Crippen LogP contribution is -2.13. The molecule has 0 radical (unpaired) electrons. The lowest BCUT2D eigenvalue weighted by Gasteiger charge is -2.07. The number of nitrogens with one attached hydrogen (secondary N) is 1. The predicted octanol–water partition coefficient (Wildman–Crippen LogP) is 1.90. The molecule has 0 spiro atoms. The number of aliphatic carboxylic acids is 1. The van der Waals surface area contributed by atoms with Crippen LogP contribution in [0.1, 0.15) is 12.8 Å². The van der Waals surface area contributed by atoms with Crippen molar-refractivity contribution in [2.24, 2.45) is 0 Å². The second-order valence-corrected chi connectivity index (χ2v) is 5.09. The van der Waals surface area contributed by atoms with Crippen molar-refractivity contribution in [2.75, 3.05) is 5.32 Å². The Kier molecular flexibility index (Phi) is 6.38. The minimum Gasteiger partial charge on any atom is -0.483 e. The monoisotopic (exact) mass is 356 g/mol. The molecule has 9 heteroatoms. The fraction of sp³-hybridized carbons (Fsp3) is 0.118. The van der Waals surface area contributed by atoms with Crippen LogP contribution in [0, 0.1) is 0 Å². The predicted molar refractivity (Wildman–Crippen MR) is 92.6 cm³/mol. The third kappa shape index (κ3) is 4.87. The zero-order valence-corrected chi connectivity index (χ0v) is 13.6. The summed E-state index contributed by atoms with van der Waals surface area (Å²) >= 11 is 0. The fourth-order valence-corrected chi connectivity index (χ4v) is 2.25. The molecule has 26 heavy (non-hydrogen) atoms. The number of fused-ring (bicyclic) bond motifs is 1. The van der Waals surface area contributed by atoms with Gasteiger partial charge in [0.15, 0.2) is 5.65 Å². The Bertz CT molecular complexity index is 905. The van der Waals surface area contributed by atoms with Gasteiger partial charge in [0.1, 0.15) is 6.33 Å². The number of aromatic nitrogens is 3. The van der Waals surface area contributed by atoms with Gasteiger partial charge in [-0.2, -0.15) is 0 Å². The van der Waals surface area contributed by atoms with Crippen molar-refractivity contribution < 1.29 is 24.6 Å². The number of carboxylic acids is 1. The number of hydrogen-bond donors (Lipinski definition) is 3. The van der Waals surface area contributed by atoms with Gasteiger partial charge in [-0.25, -0.2) is 0 Å². The zero-order chi connectivity index (χ0) is 18.9. The molecule has 3 aromatic rings. The van der Waals surface area contributed by atoms with Crippen LogP contribution < -0.4 is 5.32 Å². The Balaban J connectivity index is 0.000000758. The standard InChI is InChI=1S/C16H14N4O3.CH2O2/c21-15(8-9-16(22)23)18-12-6-4-11(5-7-12)13-2-1-3-14-19-17-10-20(13)14;2-1-3/h1-7,10H,8-9H2,(H,18,21)(H,22,23);1H,(H,2,3). The number of carboxylic acid groups (broad SMARTS) is 2. The highest BCUT2D eigenvalue weighted by atomic mass is 16.4. The first-order valence-electron chi connectivity index (χ1n) is 7.54. The van der Waals surface area contributed by atoms with E-state index in [2.05, 4.69) is 15.5 Å². The number of carbonyl (C=O) groups excluding carboxylic acids is 1. The van der Waals surface area contributed by atoms with E-state index in [4.69, 9.17) is 15.0 Å². The third-order valence-corrected chi connectivity index (χ3v) is 3.36. The van der Waals surface area contributed by atoms with Crippen LogP contribution in [-0.4, -0.2) is 43.2 Å². The number of pyridine rings is 1. The molecule has 0 unspecified atom stereocenters. The topological polar surface area (TPSA) is 134 Å². The van der Waals surface area contributed by atoms with Crippen LogP contribution in [-0.2, 0) is 14.4 Å². The summed E-state index contributed by atoms with van der Waals surface area (Å²) in [6.07, 6.45) is 1.42. The highest BCUT2D eigenvalue weighted by molar-refractivity contribution is 5.92. The first-order chi connectivity index (χ1) is 12.5. The van der Waals surface area contributed by atoms with Gasteiger partial charge in [0, 0.05) is 12.1 Å². The molecule has 134 valence electrons. The average Bonchev–Trinajstić information content (AvgIpc) is 3.10. The summed E-state index contributed by atoms with van der Waals surface area (Å²) in [6.45, 7) is -0.250. The molecule has 0 aliphatic heterocycles. The van der Waals surface area contributed by atoms with Crippen molar-refractivity contribution in [2.45, 2.75) is 12.8 Å². The fourth-order valence-electron chi connectivity index (χ4n) is 2.25. The number of carbonyl (C=O) groups is 3. The number of rotatable bonds is 5. The van der Waals surface area contributed by atoms with Gasteiger partial charge in [-0.05, 0) is 29.8 Å². The molecular formula is C17H16N4O5. The Morgan fingerprint density at radius 3 is 2.46 bits per heavy atom. The lowest BCUT2D eigenvalue weighted by molar-refractivity contribution is -0.138. The van der Waals surface area contributed by atoms with Gasteiger partial charge in [-0.15, -0.1) is 10.2 Å². The second kappa shape index (κ2) is 8.92. The molecule has 0 saturated heterocycles.